The van der Waals surface area contributed by atoms with Gasteiger partial charge in [-0.05, 0) is 68.7 Å². The molecular formula is C23H27N5O3. The average Bonchev–Trinajstić information content (AvgIpc) is 3.30. The van der Waals surface area contributed by atoms with Crippen LogP contribution in [0.2, 0.25) is 0 Å². The topological polar surface area (TPSA) is 116 Å². The number of aromatic nitrogens is 2. The van der Waals surface area contributed by atoms with Crippen molar-refractivity contribution >= 4 is 17.6 Å². The molecule has 31 heavy (non-hydrogen) atoms. The zero-order valence-corrected chi connectivity index (χ0v) is 17.9. The van der Waals surface area contributed by atoms with Crippen molar-refractivity contribution in [2.24, 2.45) is 11.1 Å². The van der Waals surface area contributed by atoms with E-state index < -0.39 is 5.91 Å². The molecule has 4 N–H and O–H groups in total. The largest absolute Gasteiger partial charge is 0.494 e. The van der Waals surface area contributed by atoms with E-state index in [-0.39, 0.29) is 22.9 Å². The number of nitrogens with two attached hydrogens (primary N) is 2. The molecule has 2 fully saturated rings. The number of benzene rings is 1. The highest BCUT2D eigenvalue weighted by molar-refractivity contribution is 6.03. The number of hydrogen-bond acceptors (Lipinski definition) is 5. The molecule has 162 valence electrons. The summed E-state index contributed by atoms with van der Waals surface area (Å²) in [6.07, 6.45) is 2.64. The number of carbonyl (C=O) groups is 2. The van der Waals surface area contributed by atoms with Crippen molar-refractivity contribution in [3.8, 4) is 28.8 Å². The number of anilines is 1. The number of ether oxygens (including phenoxy) is 1. The van der Waals surface area contributed by atoms with Gasteiger partial charge in [-0.2, -0.15) is 5.10 Å². The number of primary amides is 1. The molecule has 2 amide bonds. The van der Waals surface area contributed by atoms with Gasteiger partial charge in [0.25, 0.3) is 11.8 Å². The SMILES string of the molecule is CC#CC(=O)N1CC[C@]2(C1)C[C@H](n1nc(-c3ccc(OCC)cc3)c(C(N)=O)c1N)C2. The molecular weight excluding hydrogens is 394 g/mol. The Morgan fingerprint density at radius 3 is 2.61 bits per heavy atom. The molecule has 1 aliphatic heterocycles. The molecule has 4 rings (SSSR count). The van der Waals surface area contributed by atoms with Crippen LogP contribution in [0.4, 0.5) is 5.82 Å². The Bertz CT molecular complexity index is 1070. The molecule has 0 radical (unpaired) electrons. The maximum absolute atomic E-state index is 12.2. The number of nitrogens with zero attached hydrogens (tertiary/aromatic N) is 3. The molecule has 1 saturated heterocycles. The van der Waals surface area contributed by atoms with Crippen LogP contribution in [-0.2, 0) is 4.79 Å². The van der Waals surface area contributed by atoms with Crippen LogP contribution in [-0.4, -0.2) is 46.2 Å². The van der Waals surface area contributed by atoms with E-state index in [1.807, 2.05) is 36.1 Å². The van der Waals surface area contributed by atoms with Gasteiger partial charge in [-0.1, -0.05) is 5.92 Å². The minimum absolute atomic E-state index is 0.0698. The second-order valence-corrected chi connectivity index (χ2v) is 8.29. The fourth-order valence-corrected chi connectivity index (χ4v) is 4.79. The number of rotatable bonds is 5. The van der Waals surface area contributed by atoms with E-state index in [1.165, 1.54) is 0 Å². The van der Waals surface area contributed by atoms with E-state index >= 15 is 0 Å². The van der Waals surface area contributed by atoms with Crippen LogP contribution < -0.4 is 16.2 Å². The van der Waals surface area contributed by atoms with Gasteiger partial charge in [0.15, 0.2) is 0 Å². The van der Waals surface area contributed by atoms with Crippen molar-refractivity contribution in [3.63, 3.8) is 0 Å². The van der Waals surface area contributed by atoms with E-state index in [4.69, 9.17) is 16.2 Å². The Kier molecular flexibility index (Phi) is 5.36. The maximum atomic E-state index is 12.2. The summed E-state index contributed by atoms with van der Waals surface area (Å²) < 4.78 is 7.21. The van der Waals surface area contributed by atoms with E-state index in [9.17, 15) is 9.59 Å². The van der Waals surface area contributed by atoms with Crippen molar-refractivity contribution in [3.05, 3.63) is 29.8 Å². The molecule has 1 aromatic heterocycles. The first-order chi connectivity index (χ1) is 14.9. The lowest BCUT2D eigenvalue weighted by molar-refractivity contribution is -0.125. The number of amides is 2. The highest BCUT2D eigenvalue weighted by atomic mass is 16.5. The lowest BCUT2D eigenvalue weighted by Crippen LogP contribution is -2.42. The van der Waals surface area contributed by atoms with E-state index in [2.05, 4.69) is 16.9 Å². The summed E-state index contributed by atoms with van der Waals surface area (Å²) in [4.78, 5) is 26.1. The second-order valence-electron chi connectivity index (χ2n) is 8.29. The van der Waals surface area contributed by atoms with Gasteiger partial charge in [-0.3, -0.25) is 9.59 Å². The summed E-state index contributed by atoms with van der Waals surface area (Å²) >= 11 is 0. The Hall–Kier alpha value is -3.47. The molecule has 0 atom stereocenters. The number of hydrogen-bond donors (Lipinski definition) is 2. The predicted octanol–water partition coefficient (Wildman–Crippen LogP) is 2.21. The van der Waals surface area contributed by atoms with Crippen molar-refractivity contribution < 1.29 is 14.3 Å². The van der Waals surface area contributed by atoms with Gasteiger partial charge < -0.3 is 21.1 Å². The molecule has 1 saturated carbocycles. The molecule has 2 aliphatic rings. The molecule has 1 spiro atoms. The molecule has 2 aromatic rings. The quantitative estimate of drug-likeness (QED) is 0.718. The monoisotopic (exact) mass is 421 g/mol. The molecule has 8 nitrogen and oxygen atoms in total. The minimum Gasteiger partial charge on any atom is -0.494 e. The fourth-order valence-electron chi connectivity index (χ4n) is 4.79. The van der Waals surface area contributed by atoms with Crippen LogP contribution in [0.5, 0.6) is 5.75 Å². The summed E-state index contributed by atoms with van der Waals surface area (Å²) in [5.74, 6) is 5.61. The van der Waals surface area contributed by atoms with Crippen molar-refractivity contribution in [1.29, 1.82) is 0 Å². The lowest BCUT2D eigenvalue weighted by atomic mass is 9.65. The third-order valence-electron chi connectivity index (χ3n) is 6.27. The smallest absolute Gasteiger partial charge is 0.298 e. The fraction of sp³-hybridized carbons (Fsp3) is 0.435. The van der Waals surface area contributed by atoms with Gasteiger partial charge in [0.1, 0.15) is 22.8 Å². The molecule has 1 aromatic carbocycles. The van der Waals surface area contributed by atoms with Gasteiger partial charge in [0, 0.05) is 18.7 Å². The van der Waals surface area contributed by atoms with Crippen LogP contribution in [0.15, 0.2) is 24.3 Å². The zero-order valence-electron chi connectivity index (χ0n) is 17.9. The Labute approximate surface area is 181 Å². The minimum atomic E-state index is -0.600. The van der Waals surface area contributed by atoms with Crippen LogP contribution >= 0.6 is 0 Å². The van der Waals surface area contributed by atoms with Crippen LogP contribution in [0, 0.1) is 17.3 Å². The van der Waals surface area contributed by atoms with Gasteiger partial charge >= 0.3 is 0 Å². The summed E-state index contributed by atoms with van der Waals surface area (Å²) in [6.45, 7) is 5.59. The average molecular weight is 422 g/mol. The number of nitrogen functional groups attached to an aromatic ring is 1. The Morgan fingerprint density at radius 1 is 1.29 bits per heavy atom. The van der Waals surface area contributed by atoms with Gasteiger partial charge in [0.05, 0.1) is 12.6 Å². The summed E-state index contributed by atoms with van der Waals surface area (Å²) in [5.41, 5.74) is 13.5. The first kappa shape index (κ1) is 20.8. The maximum Gasteiger partial charge on any atom is 0.298 e. The summed E-state index contributed by atoms with van der Waals surface area (Å²) in [6, 6.07) is 7.44. The second kappa shape index (κ2) is 7.99. The first-order valence-electron chi connectivity index (χ1n) is 10.5. The van der Waals surface area contributed by atoms with Gasteiger partial charge in [0.2, 0.25) is 0 Å². The van der Waals surface area contributed by atoms with Crippen LogP contribution in [0.1, 0.15) is 49.5 Å². The standard InChI is InChI=1S/C23H27N5O3/c1-3-5-18(29)27-11-10-23(14-27)12-16(13-23)28-21(24)19(22(25)30)20(26-28)15-6-8-17(9-7-15)31-4-2/h6-9,16H,4,10-14,24H2,1-2H3,(H2,25,30)/t16-,23-. The zero-order chi connectivity index (χ0) is 22.2. The van der Waals surface area contributed by atoms with E-state index in [1.54, 1.807) is 11.6 Å². The van der Waals surface area contributed by atoms with E-state index in [0.29, 0.717) is 24.7 Å². The predicted molar refractivity (Wildman–Crippen MR) is 117 cm³/mol. The molecule has 0 unspecified atom stereocenters. The summed E-state index contributed by atoms with van der Waals surface area (Å²) in [5, 5.41) is 4.68. The first-order valence-corrected chi connectivity index (χ1v) is 10.5. The third kappa shape index (κ3) is 3.72. The Morgan fingerprint density at radius 2 is 2.00 bits per heavy atom. The van der Waals surface area contributed by atoms with Crippen molar-refractivity contribution in [2.45, 2.75) is 39.2 Å². The van der Waals surface area contributed by atoms with Gasteiger partial charge in [-0.25, -0.2) is 4.68 Å². The van der Waals surface area contributed by atoms with E-state index in [0.717, 1.165) is 37.1 Å². The molecule has 1 aliphatic carbocycles. The Balaban J connectivity index is 1.55. The number of carbonyl (C=O) groups excluding carboxylic acids is 2. The van der Waals surface area contributed by atoms with Gasteiger partial charge in [-0.15, -0.1) is 0 Å². The lowest BCUT2D eigenvalue weighted by Gasteiger charge is -2.45. The molecule has 8 heteroatoms. The molecule has 2 heterocycles. The van der Waals surface area contributed by atoms with Crippen molar-refractivity contribution in [2.75, 3.05) is 25.4 Å². The summed E-state index contributed by atoms with van der Waals surface area (Å²) in [7, 11) is 0. The van der Waals surface area contributed by atoms with Crippen LogP contribution in [0.3, 0.4) is 0 Å². The number of likely N-dealkylation sites (tertiary alicyclic amines) is 1. The molecule has 0 bridgehead atoms. The highest BCUT2D eigenvalue weighted by Gasteiger charge is 2.51. The van der Waals surface area contributed by atoms with Crippen molar-refractivity contribution in [1.82, 2.24) is 14.7 Å². The highest BCUT2D eigenvalue weighted by Crippen LogP contribution is 2.54. The third-order valence-corrected chi connectivity index (χ3v) is 6.27. The normalized spacial score (nSPS) is 22.0. The van der Waals surface area contributed by atoms with Crippen LogP contribution in [0.25, 0.3) is 11.3 Å².